The number of aromatic hydroxyl groups is 1. The molecular weight excluding hydrogens is 458 g/mol. The highest BCUT2D eigenvalue weighted by atomic mass is 16.3. The number of amides is 2. The van der Waals surface area contributed by atoms with Gasteiger partial charge < -0.3 is 31.1 Å². The van der Waals surface area contributed by atoms with Gasteiger partial charge in [-0.15, -0.1) is 0 Å². The fraction of sp³-hybridized carbons (Fsp3) is 0.417. The largest absolute Gasteiger partial charge is 0.510 e. The zero-order valence-electron chi connectivity index (χ0n) is 19.7. The Morgan fingerprint density at radius 3 is 2.26 bits per heavy atom. The maximum absolute atomic E-state index is 13.6. The molecule has 4 atom stereocenters. The lowest BCUT2D eigenvalue weighted by atomic mass is 9.58. The number of carbonyl (C=O) groups is 4. The van der Waals surface area contributed by atoms with Gasteiger partial charge >= 0.3 is 0 Å². The van der Waals surface area contributed by atoms with Crippen LogP contribution in [0.25, 0.3) is 0 Å². The predicted molar refractivity (Wildman–Crippen MR) is 122 cm³/mol. The lowest BCUT2D eigenvalue weighted by Gasteiger charge is -2.50. The van der Waals surface area contributed by atoms with E-state index in [1.54, 1.807) is 28.2 Å². The molecule has 2 amide bonds. The number of fused-ring (bicyclic) bond motifs is 3. The molecule has 11 nitrogen and oxygen atoms in total. The van der Waals surface area contributed by atoms with Gasteiger partial charge in [0, 0.05) is 31.1 Å². The summed E-state index contributed by atoms with van der Waals surface area (Å²) in [5, 5.41) is 44.0. The van der Waals surface area contributed by atoms with Gasteiger partial charge in [-0.3, -0.25) is 24.1 Å². The average Bonchev–Trinajstić information content (AvgIpc) is 2.75. The molecule has 35 heavy (non-hydrogen) atoms. The van der Waals surface area contributed by atoms with E-state index in [1.807, 2.05) is 0 Å². The number of ketones is 2. The molecule has 0 fully saturated rings. The number of Topliss-reactive ketones (excluding diaryl/α,β-unsaturated/α-hetero) is 2. The average molecular weight is 485 g/mol. The molecule has 11 heteroatoms. The molecule has 2 unspecified atom stereocenters. The molecule has 0 saturated heterocycles. The normalized spacial score (nSPS) is 28.0. The number of rotatable bonds is 3. The Morgan fingerprint density at radius 2 is 1.71 bits per heavy atom. The molecule has 0 aliphatic heterocycles. The molecule has 0 bridgehead atoms. The van der Waals surface area contributed by atoms with E-state index in [0.29, 0.717) is 5.56 Å². The maximum atomic E-state index is 13.6. The zero-order valence-corrected chi connectivity index (χ0v) is 19.7. The fourth-order valence-corrected chi connectivity index (χ4v) is 5.69. The number of benzene rings is 1. The van der Waals surface area contributed by atoms with Gasteiger partial charge in [0.1, 0.15) is 22.8 Å². The monoisotopic (exact) mass is 485 g/mol. The lowest BCUT2D eigenvalue weighted by molar-refractivity contribution is -0.148. The quantitative estimate of drug-likeness (QED) is 0.363. The number of nitrogens with two attached hydrogens (primary N) is 1. The van der Waals surface area contributed by atoms with Gasteiger partial charge in [-0.2, -0.15) is 0 Å². The van der Waals surface area contributed by atoms with Crippen molar-refractivity contribution in [1.82, 2.24) is 9.80 Å². The SMILES string of the molecule is CN(C)C(=O)c1ccc(O)c2c1C[C@H]1C[C@H]3C(N(C)C)C(O)=C(C(N)=O)C(=O)C3(O)C(O)=C1C2=O. The fourth-order valence-electron chi connectivity index (χ4n) is 5.69. The van der Waals surface area contributed by atoms with Gasteiger partial charge in [0.15, 0.2) is 11.4 Å². The van der Waals surface area contributed by atoms with Crippen LogP contribution in [0.2, 0.25) is 0 Å². The molecular formula is C24H27N3O8. The highest BCUT2D eigenvalue weighted by molar-refractivity contribution is 6.25. The van der Waals surface area contributed by atoms with Gasteiger partial charge in [0.25, 0.3) is 11.8 Å². The van der Waals surface area contributed by atoms with Gasteiger partial charge in [-0.25, -0.2) is 0 Å². The molecule has 0 heterocycles. The van der Waals surface area contributed by atoms with Gasteiger partial charge in [-0.05, 0) is 50.6 Å². The number of aliphatic hydroxyl groups is 3. The van der Waals surface area contributed by atoms with Crippen molar-refractivity contribution in [3.05, 3.63) is 51.5 Å². The van der Waals surface area contributed by atoms with Crippen molar-refractivity contribution in [2.45, 2.75) is 24.5 Å². The molecule has 0 aromatic heterocycles. The summed E-state index contributed by atoms with van der Waals surface area (Å²) in [5.74, 6) is -7.66. The Hall–Kier alpha value is -3.70. The molecule has 0 spiro atoms. The Morgan fingerprint density at radius 1 is 1.09 bits per heavy atom. The summed E-state index contributed by atoms with van der Waals surface area (Å²) in [4.78, 5) is 54.4. The summed E-state index contributed by atoms with van der Waals surface area (Å²) >= 11 is 0. The molecule has 4 rings (SSSR count). The summed E-state index contributed by atoms with van der Waals surface area (Å²) in [6, 6.07) is 1.54. The highest BCUT2D eigenvalue weighted by Crippen LogP contribution is 2.52. The van der Waals surface area contributed by atoms with Gasteiger partial charge in [0.05, 0.1) is 11.6 Å². The first-order valence-corrected chi connectivity index (χ1v) is 11.0. The van der Waals surface area contributed by atoms with E-state index in [4.69, 9.17) is 5.73 Å². The number of nitrogens with zero attached hydrogens (tertiary/aromatic N) is 2. The topological polar surface area (TPSA) is 182 Å². The highest BCUT2D eigenvalue weighted by Gasteiger charge is 2.63. The van der Waals surface area contributed by atoms with E-state index in [9.17, 15) is 39.6 Å². The molecule has 1 aromatic carbocycles. The second-order valence-electron chi connectivity index (χ2n) is 9.65. The zero-order chi connectivity index (χ0) is 26.1. The summed E-state index contributed by atoms with van der Waals surface area (Å²) in [6.45, 7) is 0. The van der Waals surface area contributed by atoms with Crippen molar-refractivity contribution >= 4 is 23.4 Å². The third-order valence-electron chi connectivity index (χ3n) is 7.24. The summed E-state index contributed by atoms with van der Waals surface area (Å²) < 4.78 is 0. The number of likely N-dealkylation sites (N-methyl/N-ethyl adjacent to an activating group) is 1. The van der Waals surface area contributed by atoms with E-state index in [-0.39, 0.29) is 35.4 Å². The van der Waals surface area contributed by atoms with Crippen LogP contribution >= 0.6 is 0 Å². The van der Waals surface area contributed by atoms with E-state index in [2.05, 4.69) is 0 Å². The molecule has 3 aliphatic carbocycles. The van der Waals surface area contributed by atoms with Crippen molar-refractivity contribution in [3.63, 3.8) is 0 Å². The third-order valence-corrected chi connectivity index (χ3v) is 7.24. The second-order valence-corrected chi connectivity index (χ2v) is 9.65. The van der Waals surface area contributed by atoms with Crippen molar-refractivity contribution in [1.29, 1.82) is 0 Å². The number of phenolic OH excluding ortho intramolecular Hbond substituents is 1. The first-order chi connectivity index (χ1) is 16.2. The van der Waals surface area contributed by atoms with Crippen molar-refractivity contribution in [3.8, 4) is 5.75 Å². The number of hydrogen-bond donors (Lipinski definition) is 5. The van der Waals surface area contributed by atoms with Crippen molar-refractivity contribution in [2.75, 3.05) is 28.2 Å². The Bertz CT molecular complexity index is 1260. The summed E-state index contributed by atoms with van der Waals surface area (Å²) in [7, 11) is 6.20. The van der Waals surface area contributed by atoms with Crippen LogP contribution in [0.4, 0.5) is 0 Å². The van der Waals surface area contributed by atoms with Crippen molar-refractivity contribution < 1.29 is 39.6 Å². The third kappa shape index (κ3) is 3.18. The minimum absolute atomic E-state index is 0.0446. The first kappa shape index (κ1) is 24.4. The first-order valence-electron chi connectivity index (χ1n) is 11.0. The van der Waals surface area contributed by atoms with Crippen LogP contribution < -0.4 is 5.73 Å². The molecule has 186 valence electrons. The van der Waals surface area contributed by atoms with Crippen LogP contribution in [0.15, 0.2) is 34.8 Å². The van der Waals surface area contributed by atoms with Crippen LogP contribution in [-0.4, -0.2) is 93.4 Å². The van der Waals surface area contributed by atoms with Crippen LogP contribution in [0.3, 0.4) is 0 Å². The minimum Gasteiger partial charge on any atom is -0.510 e. The van der Waals surface area contributed by atoms with Gasteiger partial charge in [0.2, 0.25) is 5.78 Å². The Labute approximate surface area is 200 Å². The number of aliphatic hydroxyl groups excluding tert-OH is 2. The molecule has 0 radical (unpaired) electrons. The van der Waals surface area contributed by atoms with Crippen LogP contribution in [0.1, 0.15) is 32.7 Å². The van der Waals surface area contributed by atoms with Crippen LogP contribution in [-0.2, 0) is 16.0 Å². The maximum Gasteiger partial charge on any atom is 0.255 e. The van der Waals surface area contributed by atoms with E-state index in [1.165, 1.54) is 21.9 Å². The van der Waals surface area contributed by atoms with Crippen LogP contribution in [0, 0.1) is 11.8 Å². The van der Waals surface area contributed by atoms with E-state index < -0.39 is 63.8 Å². The van der Waals surface area contributed by atoms with Crippen LogP contribution in [0.5, 0.6) is 5.75 Å². The molecule has 6 N–H and O–H groups in total. The minimum atomic E-state index is -2.70. The summed E-state index contributed by atoms with van der Waals surface area (Å²) in [6.07, 6.45) is 0.00879. The molecule has 3 aliphatic rings. The lowest BCUT2D eigenvalue weighted by Crippen LogP contribution is -2.63. The number of carbonyl (C=O) groups excluding carboxylic acids is 4. The standard InChI is InChI=1S/C24H27N3O8/c1-26(2)17-12-8-9-7-11-10(23(34)27(3)4)5-6-13(28)15(11)18(29)14(9)20(31)24(12,35)21(32)16(19(17)30)22(25)33/h5-6,9,12,17,28,30-31,35H,7-8H2,1-4H3,(H2,25,33)/t9-,12-,17?,24?/m0/s1. The van der Waals surface area contributed by atoms with E-state index >= 15 is 0 Å². The Balaban J connectivity index is 1.97. The summed E-state index contributed by atoms with van der Waals surface area (Å²) in [5.41, 5.74) is 1.78. The van der Waals surface area contributed by atoms with Crippen molar-refractivity contribution in [2.24, 2.45) is 17.6 Å². The number of hydrogen-bond acceptors (Lipinski definition) is 9. The number of primary amides is 1. The van der Waals surface area contributed by atoms with Gasteiger partial charge in [-0.1, -0.05) is 0 Å². The Kier molecular flexibility index (Phi) is 5.53. The predicted octanol–water partition coefficient (Wildman–Crippen LogP) is -0.178. The molecule has 0 saturated carbocycles. The number of allylic oxidation sites excluding steroid dienone is 1. The van der Waals surface area contributed by atoms with E-state index in [0.717, 1.165) is 0 Å². The smallest absolute Gasteiger partial charge is 0.255 e. The number of phenols is 1. The molecule has 1 aromatic rings. The second kappa shape index (κ2) is 7.92.